The lowest BCUT2D eigenvalue weighted by molar-refractivity contribution is -0.133. The van der Waals surface area contributed by atoms with E-state index in [0.717, 1.165) is 25.7 Å². The van der Waals surface area contributed by atoms with Gasteiger partial charge in [0.1, 0.15) is 5.60 Å². The summed E-state index contributed by atoms with van der Waals surface area (Å²) in [4.78, 5) is 11.3. The van der Waals surface area contributed by atoms with E-state index in [4.69, 9.17) is 0 Å². The molecule has 1 N–H and O–H groups in total. The zero-order valence-corrected chi connectivity index (χ0v) is 7.38. The normalized spacial score (nSPS) is 22.8. The number of rotatable bonds is 2. The van der Waals surface area contributed by atoms with Crippen molar-refractivity contribution in [1.82, 2.24) is 0 Å². The molecule has 2 nitrogen and oxygen atoms in total. The van der Waals surface area contributed by atoms with Gasteiger partial charge in [0.05, 0.1) is 0 Å². The first-order chi connectivity index (χ1) is 5.69. The van der Waals surface area contributed by atoms with Crippen molar-refractivity contribution in [3.05, 3.63) is 12.7 Å². The monoisotopic (exact) mass is 168 g/mol. The molecule has 0 aromatic carbocycles. The van der Waals surface area contributed by atoms with Gasteiger partial charge in [-0.05, 0) is 18.9 Å². The first kappa shape index (κ1) is 9.46. The van der Waals surface area contributed by atoms with E-state index in [-0.39, 0.29) is 5.78 Å². The van der Waals surface area contributed by atoms with Crippen LogP contribution in [0, 0.1) is 0 Å². The van der Waals surface area contributed by atoms with Crippen molar-refractivity contribution >= 4 is 5.78 Å². The van der Waals surface area contributed by atoms with E-state index in [1.807, 2.05) is 0 Å². The molecule has 1 saturated carbocycles. The molecule has 0 bridgehead atoms. The number of hydrogen-bond donors (Lipinski definition) is 1. The van der Waals surface area contributed by atoms with Gasteiger partial charge in [0, 0.05) is 0 Å². The molecule has 0 aromatic heterocycles. The van der Waals surface area contributed by atoms with Gasteiger partial charge in [-0.25, -0.2) is 0 Å². The zero-order chi connectivity index (χ0) is 9.03. The Bertz CT molecular complexity index is 176. The number of aliphatic hydroxyl groups is 1. The van der Waals surface area contributed by atoms with Crippen molar-refractivity contribution in [2.45, 2.75) is 44.1 Å². The largest absolute Gasteiger partial charge is 0.382 e. The van der Waals surface area contributed by atoms with Crippen LogP contribution in [0.2, 0.25) is 0 Å². The van der Waals surface area contributed by atoms with Crippen LogP contribution in [-0.4, -0.2) is 16.5 Å². The highest BCUT2D eigenvalue weighted by atomic mass is 16.3. The average Bonchev–Trinajstić information content (AvgIpc) is 2.29. The third-order valence-electron chi connectivity index (χ3n) is 2.57. The van der Waals surface area contributed by atoms with Gasteiger partial charge in [0.15, 0.2) is 5.78 Å². The highest BCUT2D eigenvalue weighted by molar-refractivity contribution is 5.96. The summed E-state index contributed by atoms with van der Waals surface area (Å²) in [5.41, 5.74) is -1.09. The van der Waals surface area contributed by atoms with Gasteiger partial charge >= 0.3 is 0 Å². The van der Waals surface area contributed by atoms with Crippen LogP contribution in [0.4, 0.5) is 0 Å². The number of hydrogen-bond acceptors (Lipinski definition) is 2. The fraction of sp³-hybridized carbons (Fsp3) is 0.700. The molecule has 0 spiro atoms. The van der Waals surface area contributed by atoms with E-state index in [0.29, 0.717) is 12.8 Å². The molecule has 0 radical (unpaired) electrons. The van der Waals surface area contributed by atoms with Crippen LogP contribution in [0.15, 0.2) is 12.7 Å². The Kier molecular flexibility index (Phi) is 3.04. The molecule has 12 heavy (non-hydrogen) atoms. The van der Waals surface area contributed by atoms with Gasteiger partial charge < -0.3 is 5.11 Å². The summed E-state index contributed by atoms with van der Waals surface area (Å²) in [5.74, 6) is -0.204. The summed E-state index contributed by atoms with van der Waals surface area (Å²) >= 11 is 0. The molecular weight excluding hydrogens is 152 g/mol. The molecule has 0 amide bonds. The molecule has 0 heterocycles. The van der Waals surface area contributed by atoms with Crippen LogP contribution < -0.4 is 0 Å². The molecule has 0 saturated heterocycles. The van der Waals surface area contributed by atoms with Crippen LogP contribution in [0.1, 0.15) is 38.5 Å². The molecule has 1 aliphatic rings. The first-order valence-corrected chi connectivity index (χ1v) is 4.58. The van der Waals surface area contributed by atoms with E-state index in [1.54, 1.807) is 0 Å². The lowest BCUT2D eigenvalue weighted by atomic mass is 9.90. The van der Waals surface area contributed by atoms with Crippen molar-refractivity contribution in [2.24, 2.45) is 0 Å². The van der Waals surface area contributed by atoms with E-state index >= 15 is 0 Å². The Hall–Kier alpha value is -0.630. The fourth-order valence-corrected chi connectivity index (χ4v) is 1.75. The van der Waals surface area contributed by atoms with Crippen LogP contribution in [0.25, 0.3) is 0 Å². The predicted octanol–water partition coefficient (Wildman–Crippen LogP) is 1.83. The Morgan fingerprint density at radius 3 is 2.17 bits per heavy atom. The van der Waals surface area contributed by atoms with Gasteiger partial charge in [-0.2, -0.15) is 0 Å². The van der Waals surface area contributed by atoms with Crippen LogP contribution in [0.5, 0.6) is 0 Å². The average molecular weight is 168 g/mol. The number of ketones is 1. The van der Waals surface area contributed by atoms with Crippen LogP contribution in [-0.2, 0) is 4.79 Å². The summed E-state index contributed by atoms with van der Waals surface area (Å²) in [5, 5.41) is 9.90. The standard InChI is InChI=1S/C10H16O2/c1-2-9(11)10(12)7-5-3-4-6-8-10/h2,12H,1,3-8H2. The second kappa shape index (κ2) is 3.85. The number of carbonyl (C=O) groups is 1. The highest BCUT2D eigenvalue weighted by Crippen LogP contribution is 2.27. The van der Waals surface area contributed by atoms with Gasteiger partial charge in [-0.1, -0.05) is 32.3 Å². The van der Waals surface area contributed by atoms with Crippen molar-refractivity contribution in [3.8, 4) is 0 Å². The van der Waals surface area contributed by atoms with E-state index in [2.05, 4.69) is 6.58 Å². The van der Waals surface area contributed by atoms with E-state index < -0.39 is 5.60 Å². The molecule has 1 rings (SSSR count). The molecule has 2 heteroatoms. The maximum absolute atomic E-state index is 11.3. The maximum atomic E-state index is 11.3. The molecule has 0 aromatic rings. The molecular formula is C10H16O2. The second-order valence-electron chi connectivity index (χ2n) is 3.51. The van der Waals surface area contributed by atoms with Crippen molar-refractivity contribution in [3.63, 3.8) is 0 Å². The predicted molar refractivity (Wildman–Crippen MR) is 47.9 cm³/mol. The molecule has 1 aliphatic carbocycles. The summed E-state index contributed by atoms with van der Waals surface area (Å²) in [6, 6.07) is 0. The Balaban J connectivity index is 2.65. The molecule has 0 aliphatic heterocycles. The zero-order valence-electron chi connectivity index (χ0n) is 7.38. The fourth-order valence-electron chi connectivity index (χ4n) is 1.75. The first-order valence-electron chi connectivity index (χ1n) is 4.58. The Labute approximate surface area is 73.3 Å². The minimum Gasteiger partial charge on any atom is -0.382 e. The van der Waals surface area contributed by atoms with Crippen LogP contribution in [0.3, 0.4) is 0 Å². The third kappa shape index (κ3) is 1.95. The quantitative estimate of drug-likeness (QED) is 0.504. The highest BCUT2D eigenvalue weighted by Gasteiger charge is 2.33. The van der Waals surface area contributed by atoms with Gasteiger partial charge in [-0.3, -0.25) is 4.79 Å². The minimum absolute atomic E-state index is 0.204. The van der Waals surface area contributed by atoms with E-state index in [1.165, 1.54) is 6.08 Å². The smallest absolute Gasteiger partial charge is 0.186 e. The minimum atomic E-state index is -1.09. The molecule has 0 atom stereocenters. The SMILES string of the molecule is C=CC(=O)C1(O)CCCCCC1. The van der Waals surface area contributed by atoms with Gasteiger partial charge in [-0.15, -0.1) is 0 Å². The molecule has 0 unspecified atom stereocenters. The van der Waals surface area contributed by atoms with Crippen molar-refractivity contribution in [1.29, 1.82) is 0 Å². The third-order valence-corrected chi connectivity index (χ3v) is 2.57. The van der Waals surface area contributed by atoms with Crippen molar-refractivity contribution in [2.75, 3.05) is 0 Å². The van der Waals surface area contributed by atoms with E-state index in [9.17, 15) is 9.90 Å². The topological polar surface area (TPSA) is 37.3 Å². The second-order valence-corrected chi connectivity index (χ2v) is 3.51. The summed E-state index contributed by atoms with van der Waals surface area (Å²) in [6.45, 7) is 3.40. The number of carbonyl (C=O) groups excluding carboxylic acids is 1. The summed E-state index contributed by atoms with van der Waals surface area (Å²) < 4.78 is 0. The Morgan fingerprint density at radius 2 is 1.75 bits per heavy atom. The summed E-state index contributed by atoms with van der Waals surface area (Å²) in [6.07, 6.45) is 6.63. The van der Waals surface area contributed by atoms with Crippen molar-refractivity contribution < 1.29 is 9.90 Å². The Morgan fingerprint density at radius 1 is 1.25 bits per heavy atom. The lowest BCUT2D eigenvalue weighted by Gasteiger charge is -2.22. The van der Waals surface area contributed by atoms with Gasteiger partial charge in [0.2, 0.25) is 0 Å². The van der Waals surface area contributed by atoms with Gasteiger partial charge in [0.25, 0.3) is 0 Å². The summed E-state index contributed by atoms with van der Waals surface area (Å²) in [7, 11) is 0. The maximum Gasteiger partial charge on any atom is 0.186 e. The molecule has 1 fully saturated rings. The molecule has 68 valence electrons. The van der Waals surface area contributed by atoms with Crippen LogP contribution >= 0.6 is 0 Å². The lowest BCUT2D eigenvalue weighted by Crippen LogP contribution is -2.36.